The van der Waals surface area contributed by atoms with Crippen molar-refractivity contribution in [2.45, 2.75) is 39.7 Å². The van der Waals surface area contributed by atoms with Crippen LogP contribution in [0.1, 0.15) is 43.2 Å². The number of hydrogen-bond donors (Lipinski definition) is 1. The molecule has 0 fully saturated rings. The number of halogens is 1. The van der Waals surface area contributed by atoms with Crippen LogP contribution in [0.5, 0.6) is 0 Å². The zero-order valence-electron chi connectivity index (χ0n) is 10.1. The lowest BCUT2D eigenvalue weighted by atomic mass is 10.0. The van der Waals surface area contributed by atoms with Crippen molar-refractivity contribution >= 4 is 17.5 Å². The maximum absolute atomic E-state index is 11.9. The van der Waals surface area contributed by atoms with Gasteiger partial charge in [-0.25, -0.2) is 0 Å². The van der Waals surface area contributed by atoms with Gasteiger partial charge in [-0.1, -0.05) is 18.5 Å². The Kier molecular flexibility index (Phi) is 3.92. The quantitative estimate of drug-likeness (QED) is 0.883. The van der Waals surface area contributed by atoms with Crippen molar-refractivity contribution in [2.75, 3.05) is 0 Å². The predicted octanol–water partition coefficient (Wildman–Crippen LogP) is 2.96. The van der Waals surface area contributed by atoms with Gasteiger partial charge in [-0.05, 0) is 33.3 Å². The van der Waals surface area contributed by atoms with Crippen molar-refractivity contribution in [3.63, 3.8) is 0 Å². The molecule has 1 rings (SSSR count). The fourth-order valence-corrected chi connectivity index (χ4v) is 1.45. The van der Waals surface area contributed by atoms with Crippen LogP contribution in [0.4, 0.5) is 0 Å². The van der Waals surface area contributed by atoms with E-state index in [1.807, 2.05) is 27.7 Å². The number of hydrogen-bond acceptors (Lipinski definition) is 2. The van der Waals surface area contributed by atoms with E-state index in [1.165, 1.54) is 6.20 Å². The highest BCUT2D eigenvalue weighted by Crippen LogP contribution is 2.17. The van der Waals surface area contributed by atoms with E-state index in [4.69, 9.17) is 11.6 Å². The molecule has 1 N–H and O–H groups in total. The van der Waals surface area contributed by atoms with Crippen molar-refractivity contribution in [1.29, 1.82) is 0 Å². The lowest BCUT2D eigenvalue weighted by Gasteiger charge is -2.24. The summed E-state index contributed by atoms with van der Waals surface area (Å²) in [6.45, 7) is 7.81. The lowest BCUT2D eigenvalue weighted by molar-refractivity contribution is 0.0911. The summed E-state index contributed by atoms with van der Waals surface area (Å²) in [7, 11) is 0. The number of pyridine rings is 1. The molecule has 0 saturated carbocycles. The summed E-state index contributed by atoms with van der Waals surface area (Å²) in [6.07, 6.45) is 2.37. The first-order chi connectivity index (χ1) is 7.35. The van der Waals surface area contributed by atoms with Crippen molar-refractivity contribution in [3.8, 4) is 0 Å². The molecular weight excluding hydrogens is 224 g/mol. The first-order valence-corrected chi connectivity index (χ1v) is 5.68. The van der Waals surface area contributed by atoms with Crippen molar-refractivity contribution in [1.82, 2.24) is 10.3 Å². The van der Waals surface area contributed by atoms with E-state index in [0.29, 0.717) is 10.6 Å². The minimum absolute atomic E-state index is 0.177. The molecule has 0 aliphatic heterocycles. The van der Waals surface area contributed by atoms with Crippen LogP contribution in [0.3, 0.4) is 0 Å². The van der Waals surface area contributed by atoms with E-state index < -0.39 is 0 Å². The second-order valence-corrected chi connectivity index (χ2v) is 4.90. The monoisotopic (exact) mass is 240 g/mol. The van der Waals surface area contributed by atoms with Crippen molar-refractivity contribution in [3.05, 3.63) is 28.5 Å². The lowest BCUT2D eigenvalue weighted by Crippen LogP contribution is -2.42. The maximum Gasteiger partial charge on any atom is 0.254 e. The minimum atomic E-state index is -0.231. The Labute approximate surface area is 101 Å². The van der Waals surface area contributed by atoms with Crippen LogP contribution in [-0.2, 0) is 0 Å². The highest BCUT2D eigenvalue weighted by atomic mass is 35.5. The summed E-state index contributed by atoms with van der Waals surface area (Å²) >= 11 is 6.00. The fraction of sp³-hybridized carbons (Fsp3) is 0.500. The molecule has 0 atom stereocenters. The van der Waals surface area contributed by atoms with E-state index in [0.717, 1.165) is 12.1 Å². The highest BCUT2D eigenvalue weighted by molar-refractivity contribution is 6.33. The van der Waals surface area contributed by atoms with Gasteiger partial charge in [0.1, 0.15) is 0 Å². The number of amides is 1. The second kappa shape index (κ2) is 4.83. The fourth-order valence-electron chi connectivity index (χ4n) is 1.16. The summed E-state index contributed by atoms with van der Waals surface area (Å²) in [5.41, 5.74) is 0.996. The number of carbonyl (C=O) groups excluding carboxylic acids is 1. The number of aryl methyl sites for hydroxylation is 1. The van der Waals surface area contributed by atoms with E-state index >= 15 is 0 Å². The number of rotatable bonds is 3. The van der Waals surface area contributed by atoms with Crippen molar-refractivity contribution < 1.29 is 4.79 Å². The SMILES string of the molecule is CCC(C)(C)NC(=O)c1cnc(C)cc1Cl. The third-order valence-electron chi connectivity index (χ3n) is 2.57. The number of aromatic nitrogens is 1. The highest BCUT2D eigenvalue weighted by Gasteiger charge is 2.20. The molecule has 1 aromatic rings. The molecule has 0 bridgehead atoms. The topological polar surface area (TPSA) is 42.0 Å². The normalized spacial score (nSPS) is 11.3. The van der Waals surface area contributed by atoms with Crippen LogP contribution in [0.2, 0.25) is 5.02 Å². The molecule has 0 aliphatic rings. The van der Waals surface area contributed by atoms with Crippen LogP contribution in [-0.4, -0.2) is 16.4 Å². The Morgan fingerprint density at radius 3 is 2.69 bits per heavy atom. The van der Waals surface area contributed by atoms with Gasteiger partial charge in [-0.15, -0.1) is 0 Å². The summed E-state index contributed by atoms with van der Waals surface area (Å²) in [5.74, 6) is -0.177. The summed E-state index contributed by atoms with van der Waals surface area (Å²) in [4.78, 5) is 16.0. The summed E-state index contributed by atoms with van der Waals surface area (Å²) in [5, 5.41) is 3.36. The van der Waals surface area contributed by atoms with Gasteiger partial charge in [0.15, 0.2) is 0 Å². The molecule has 0 aliphatic carbocycles. The average Bonchev–Trinajstić information content (AvgIpc) is 2.16. The summed E-state index contributed by atoms with van der Waals surface area (Å²) < 4.78 is 0. The van der Waals surface area contributed by atoms with Crippen LogP contribution in [0, 0.1) is 6.92 Å². The Balaban J connectivity index is 2.89. The van der Waals surface area contributed by atoms with Crippen LogP contribution >= 0.6 is 11.6 Å². The second-order valence-electron chi connectivity index (χ2n) is 4.50. The Bertz CT molecular complexity index is 402. The van der Waals surface area contributed by atoms with Gasteiger partial charge >= 0.3 is 0 Å². The molecule has 0 aromatic carbocycles. The Hall–Kier alpha value is -1.09. The van der Waals surface area contributed by atoms with Gasteiger partial charge in [0, 0.05) is 17.4 Å². The van der Waals surface area contributed by atoms with Crippen LogP contribution in [0.15, 0.2) is 12.3 Å². The van der Waals surface area contributed by atoms with Crippen LogP contribution in [0.25, 0.3) is 0 Å². The third-order valence-corrected chi connectivity index (χ3v) is 2.88. The average molecular weight is 241 g/mol. The number of nitrogens with one attached hydrogen (secondary N) is 1. The van der Waals surface area contributed by atoms with Gasteiger partial charge < -0.3 is 5.32 Å². The molecule has 0 radical (unpaired) electrons. The third kappa shape index (κ3) is 3.20. The Morgan fingerprint density at radius 2 is 2.19 bits per heavy atom. The molecule has 1 aromatic heterocycles. The molecule has 1 amide bonds. The molecule has 1 heterocycles. The first kappa shape index (κ1) is 13.0. The number of nitrogens with zero attached hydrogens (tertiary/aromatic N) is 1. The molecule has 0 unspecified atom stereocenters. The zero-order valence-corrected chi connectivity index (χ0v) is 10.9. The molecule has 4 heteroatoms. The molecule has 16 heavy (non-hydrogen) atoms. The van der Waals surface area contributed by atoms with Crippen molar-refractivity contribution in [2.24, 2.45) is 0 Å². The molecular formula is C12H17ClN2O. The van der Waals surface area contributed by atoms with Gasteiger partial charge in [0.25, 0.3) is 5.91 Å². The molecule has 0 saturated heterocycles. The minimum Gasteiger partial charge on any atom is -0.347 e. The van der Waals surface area contributed by atoms with E-state index in [1.54, 1.807) is 6.07 Å². The van der Waals surface area contributed by atoms with Gasteiger partial charge in [0.05, 0.1) is 10.6 Å². The smallest absolute Gasteiger partial charge is 0.254 e. The standard InChI is InChI=1S/C12H17ClN2O/c1-5-12(3,4)15-11(16)9-7-14-8(2)6-10(9)13/h6-7H,5H2,1-4H3,(H,15,16). The maximum atomic E-state index is 11.9. The van der Waals surface area contributed by atoms with Crippen LogP contribution < -0.4 is 5.32 Å². The first-order valence-electron chi connectivity index (χ1n) is 5.30. The van der Waals surface area contributed by atoms with Gasteiger partial charge in [-0.3, -0.25) is 9.78 Å². The predicted molar refractivity (Wildman–Crippen MR) is 65.8 cm³/mol. The largest absolute Gasteiger partial charge is 0.347 e. The molecule has 88 valence electrons. The van der Waals surface area contributed by atoms with E-state index in [-0.39, 0.29) is 11.4 Å². The van der Waals surface area contributed by atoms with Gasteiger partial charge in [0.2, 0.25) is 0 Å². The zero-order chi connectivity index (χ0) is 12.3. The van der Waals surface area contributed by atoms with E-state index in [2.05, 4.69) is 10.3 Å². The number of carbonyl (C=O) groups is 1. The van der Waals surface area contributed by atoms with E-state index in [9.17, 15) is 4.79 Å². The molecule has 3 nitrogen and oxygen atoms in total. The van der Waals surface area contributed by atoms with Gasteiger partial charge in [-0.2, -0.15) is 0 Å². The summed E-state index contributed by atoms with van der Waals surface area (Å²) in [6, 6.07) is 1.69. The Morgan fingerprint density at radius 1 is 1.56 bits per heavy atom. The molecule has 0 spiro atoms.